The molecule has 3 heterocycles. The van der Waals surface area contributed by atoms with Crippen molar-refractivity contribution in [1.82, 2.24) is 19.8 Å². The Bertz CT molecular complexity index is 1050. The first kappa shape index (κ1) is 21.5. The molecule has 1 fully saturated rings. The molecule has 162 valence electrons. The molecule has 1 N–H and O–H groups in total. The molecule has 4 rings (SSSR count). The van der Waals surface area contributed by atoms with E-state index in [-0.39, 0.29) is 17.9 Å². The number of hydrogen-bond donors (Lipinski definition) is 1. The third-order valence-corrected chi connectivity index (χ3v) is 6.17. The summed E-state index contributed by atoms with van der Waals surface area (Å²) in [4.78, 5) is 6.85. The number of nitrogens with one attached hydrogen (secondary N) is 1. The van der Waals surface area contributed by atoms with Crippen LogP contribution in [-0.4, -0.2) is 39.8 Å². The Kier molecular flexibility index (Phi) is 6.34. The van der Waals surface area contributed by atoms with Crippen molar-refractivity contribution in [3.05, 3.63) is 83.2 Å². The zero-order chi connectivity index (χ0) is 22.0. The van der Waals surface area contributed by atoms with Crippen molar-refractivity contribution >= 4 is 17.3 Å². The van der Waals surface area contributed by atoms with Crippen molar-refractivity contribution < 1.29 is 9.13 Å². The van der Waals surface area contributed by atoms with Gasteiger partial charge < -0.3 is 19.5 Å². The third kappa shape index (κ3) is 4.20. The summed E-state index contributed by atoms with van der Waals surface area (Å²) in [6, 6.07) is 14.7. The third-order valence-electron chi connectivity index (χ3n) is 5.82. The lowest BCUT2D eigenvalue weighted by Gasteiger charge is -2.28. The van der Waals surface area contributed by atoms with Gasteiger partial charge in [-0.2, -0.15) is 0 Å². The smallest absolute Gasteiger partial charge is 0.170 e. The van der Waals surface area contributed by atoms with Gasteiger partial charge in [0, 0.05) is 43.5 Å². The topological polar surface area (TPSA) is 42.3 Å². The van der Waals surface area contributed by atoms with Crippen molar-refractivity contribution in [2.45, 2.75) is 32.4 Å². The van der Waals surface area contributed by atoms with E-state index in [1.165, 1.54) is 17.7 Å². The Morgan fingerprint density at radius 1 is 1.16 bits per heavy atom. The summed E-state index contributed by atoms with van der Waals surface area (Å²) in [6.07, 6.45) is 2.69. The lowest BCUT2D eigenvalue weighted by Crippen LogP contribution is -2.31. The van der Waals surface area contributed by atoms with Crippen LogP contribution in [0.5, 0.6) is 0 Å². The van der Waals surface area contributed by atoms with Gasteiger partial charge in [0.15, 0.2) is 5.11 Å². The molecule has 1 saturated heterocycles. The van der Waals surface area contributed by atoms with Crippen LogP contribution >= 0.6 is 12.2 Å². The van der Waals surface area contributed by atoms with Gasteiger partial charge in [0.05, 0.1) is 17.8 Å². The van der Waals surface area contributed by atoms with Crippen molar-refractivity contribution in [2.24, 2.45) is 0 Å². The van der Waals surface area contributed by atoms with Crippen LogP contribution in [0.2, 0.25) is 0 Å². The first-order valence-electron chi connectivity index (χ1n) is 10.4. The highest BCUT2D eigenvalue weighted by Crippen LogP contribution is 2.41. The maximum absolute atomic E-state index is 13.5. The van der Waals surface area contributed by atoms with E-state index in [1.54, 1.807) is 7.11 Å². The molecular formula is C24H27FN4OS. The van der Waals surface area contributed by atoms with Gasteiger partial charge >= 0.3 is 0 Å². The first-order valence-corrected chi connectivity index (χ1v) is 10.8. The Morgan fingerprint density at radius 2 is 1.94 bits per heavy atom. The van der Waals surface area contributed by atoms with Crippen LogP contribution in [0.4, 0.5) is 4.39 Å². The second-order valence-electron chi connectivity index (χ2n) is 7.80. The number of nitrogens with zero attached hydrogens (tertiary/aromatic N) is 3. The molecule has 0 saturated carbocycles. The molecule has 2 aromatic heterocycles. The number of benzene rings is 1. The van der Waals surface area contributed by atoms with E-state index < -0.39 is 0 Å². The van der Waals surface area contributed by atoms with Crippen LogP contribution in [0.1, 0.15) is 41.1 Å². The minimum absolute atomic E-state index is 0.000320. The van der Waals surface area contributed by atoms with E-state index in [2.05, 4.69) is 39.7 Å². The number of thiocarbonyl (C=S) groups is 1. The van der Waals surface area contributed by atoms with Crippen molar-refractivity contribution in [1.29, 1.82) is 0 Å². The zero-order valence-electron chi connectivity index (χ0n) is 18.0. The van der Waals surface area contributed by atoms with Gasteiger partial charge in [-0.15, -0.1) is 0 Å². The van der Waals surface area contributed by atoms with Crippen molar-refractivity contribution in [3.8, 4) is 5.69 Å². The Hall–Kier alpha value is -2.77. The van der Waals surface area contributed by atoms with Gasteiger partial charge in [-0.05, 0) is 80.5 Å². The predicted octanol–water partition coefficient (Wildman–Crippen LogP) is 4.64. The van der Waals surface area contributed by atoms with Crippen LogP contribution in [0.25, 0.3) is 5.69 Å². The van der Waals surface area contributed by atoms with E-state index in [9.17, 15) is 4.39 Å². The van der Waals surface area contributed by atoms with E-state index >= 15 is 0 Å². The minimum atomic E-state index is -0.240. The fourth-order valence-corrected chi connectivity index (χ4v) is 4.77. The zero-order valence-corrected chi connectivity index (χ0v) is 18.8. The summed E-state index contributed by atoms with van der Waals surface area (Å²) in [5.74, 6) is -0.240. The fourth-order valence-electron chi connectivity index (χ4n) is 4.44. The summed E-state index contributed by atoms with van der Waals surface area (Å²) in [5, 5.41) is 4.22. The summed E-state index contributed by atoms with van der Waals surface area (Å²) in [5.41, 5.74) is 5.28. The van der Waals surface area contributed by atoms with Gasteiger partial charge in [0.2, 0.25) is 0 Å². The number of methoxy groups -OCH3 is 1. The maximum atomic E-state index is 13.5. The van der Waals surface area contributed by atoms with E-state index in [4.69, 9.17) is 17.0 Å². The molecule has 0 bridgehead atoms. The van der Waals surface area contributed by atoms with Gasteiger partial charge in [-0.25, -0.2) is 4.39 Å². The molecule has 1 aliphatic heterocycles. The monoisotopic (exact) mass is 438 g/mol. The highest BCUT2D eigenvalue weighted by Gasteiger charge is 2.41. The molecule has 0 unspecified atom stereocenters. The maximum Gasteiger partial charge on any atom is 0.170 e. The highest BCUT2D eigenvalue weighted by atomic mass is 32.1. The van der Waals surface area contributed by atoms with E-state index in [1.807, 2.05) is 36.5 Å². The van der Waals surface area contributed by atoms with Gasteiger partial charge in [0.1, 0.15) is 5.82 Å². The van der Waals surface area contributed by atoms with Crippen LogP contribution in [-0.2, 0) is 4.74 Å². The molecule has 7 heteroatoms. The van der Waals surface area contributed by atoms with Gasteiger partial charge in [-0.1, -0.05) is 6.07 Å². The average Bonchev–Trinajstić information content (AvgIpc) is 3.25. The predicted molar refractivity (Wildman–Crippen MR) is 124 cm³/mol. The van der Waals surface area contributed by atoms with E-state index in [0.717, 1.165) is 40.8 Å². The molecular weight excluding hydrogens is 411 g/mol. The number of rotatable bonds is 7. The number of hydrogen-bond acceptors (Lipinski definition) is 3. The molecule has 31 heavy (non-hydrogen) atoms. The first-order chi connectivity index (χ1) is 15.0. The lowest BCUT2D eigenvalue weighted by molar-refractivity contribution is 0.180. The van der Waals surface area contributed by atoms with Crippen LogP contribution in [0.15, 0.2) is 54.7 Å². The van der Waals surface area contributed by atoms with Crippen LogP contribution in [0, 0.1) is 19.7 Å². The second kappa shape index (κ2) is 9.16. The normalized spacial score (nSPS) is 18.5. The molecule has 1 aromatic carbocycles. The lowest BCUT2D eigenvalue weighted by atomic mass is 9.96. The number of aromatic nitrogens is 2. The average molecular weight is 439 g/mol. The van der Waals surface area contributed by atoms with Crippen LogP contribution < -0.4 is 5.32 Å². The van der Waals surface area contributed by atoms with E-state index in [0.29, 0.717) is 6.61 Å². The number of ether oxygens (including phenoxy) is 1. The number of aryl methyl sites for hydroxylation is 1. The Labute approximate surface area is 187 Å². The molecule has 2 atom stereocenters. The fraction of sp³-hybridized carbons (Fsp3) is 0.333. The molecule has 0 aliphatic carbocycles. The molecule has 0 radical (unpaired) electrons. The summed E-state index contributed by atoms with van der Waals surface area (Å²) >= 11 is 5.73. The number of pyridine rings is 1. The minimum Gasteiger partial charge on any atom is -0.385 e. The summed E-state index contributed by atoms with van der Waals surface area (Å²) < 4.78 is 20.9. The molecule has 1 aliphatic rings. The Balaban J connectivity index is 1.78. The van der Waals surface area contributed by atoms with Gasteiger partial charge in [0.25, 0.3) is 0 Å². The van der Waals surface area contributed by atoms with Crippen molar-refractivity contribution in [2.75, 3.05) is 20.3 Å². The standard InChI is InChI=1S/C24H27FN4OS/c1-16-15-20(17(2)29(16)19-10-8-18(25)9-11-19)23-22(21-7-4-5-12-26-21)27-24(31)28(23)13-6-14-30-3/h4-5,7-12,15,22-23H,6,13-14H2,1-3H3,(H,27,31)/t22-,23+/m0/s1. The molecule has 0 spiro atoms. The van der Waals surface area contributed by atoms with Gasteiger partial charge in [-0.3, -0.25) is 4.98 Å². The largest absolute Gasteiger partial charge is 0.385 e. The quantitative estimate of drug-likeness (QED) is 0.430. The Morgan fingerprint density at radius 3 is 2.61 bits per heavy atom. The molecule has 3 aromatic rings. The molecule has 0 amide bonds. The summed E-state index contributed by atoms with van der Waals surface area (Å²) in [7, 11) is 1.71. The molecule has 5 nitrogen and oxygen atoms in total. The summed E-state index contributed by atoms with van der Waals surface area (Å²) in [6.45, 7) is 5.64. The van der Waals surface area contributed by atoms with Crippen LogP contribution in [0.3, 0.4) is 0 Å². The van der Waals surface area contributed by atoms with Crippen molar-refractivity contribution in [3.63, 3.8) is 0 Å². The highest BCUT2D eigenvalue weighted by molar-refractivity contribution is 7.80. The number of halogens is 1. The second-order valence-corrected chi connectivity index (χ2v) is 8.19. The SMILES string of the molecule is COCCCN1C(=S)N[C@@H](c2ccccn2)[C@H]1c1cc(C)n(-c2ccc(F)cc2)c1C.